The van der Waals surface area contributed by atoms with Gasteiger partial charge in [-0.05, 0) is 37.1 Å². The summed E-state index contributed by atoms with van der Waals surface area (Å²) in [4.78, 5) is 29.2. The number of non-ortho nitro benzene ring substituents is 1. The molecule has 0 radical (unpaired) electrons. The van der Waals surface area contributed by atoms with E-state index in [1.165, 1.54) is 29.5 Å². The molecular formula is C21H19BrClN3O3S. The zero-order valence-corrected chi connectivity index (χ0v) is 19.6. The Hall–Kier alpha value is -2.29. The predicted octanol–water partition coefficient (Wildman–Crippen LogP) is 6.25. The van der Waals surface area contributed by atoms with Crippen molar-refractivity contribution in [1.82, 2.24) is 4.57 Å². The van der Waals surface area contributed by atoms with Crippen molar-refractivity contribution >= 4 is 50.5 Å². The molecule has 1 heterocycles. The summed E-state index contributed by atoms with van der Waals surface area (Å²) in [5.74, 6) is -0.524. The van der Waals surface area contributed by atoms with Crippen LogP contribution in [0.2, 0.25) is 5.02 Å². The molecule has 30 heavy (non-hydrogen) atoms. The number of aromatic nitrogens is 1. The van der Waals surface area contributed by atoms with Crippen LogP contribution < -0.4 is 4.80 Å². The first-order chi connectivity index (χ1) is 14.3. The quantitative estimate of drug-likeness (QED) is 0.291. The first-order valence-electron chi connectivity index (χ1n) is 9.37. The fourth-order valence-corrected chi connectivity index (χ4v) is 4.93. The van der Waals surface area contributed by atoms with E-state index >= 15 is 0 Å². The summed E-state index contributed by atoms with van der Waals surface area (Å²) in [5.41, 5.74) is 2.08. The van der Waals surface area contributed by atoms with E-state index in [1.54, 1.807) is 0 Å². The summed E-state index contributed by atoms with van der Waals surface area (Å²) in [6.45, 7) is 4.76. The van der Waals surface area contributed by atoms with E-state index in [4.69, 9.17) is 11.6 Å². The molecule has 0 spiro atoms. The van der Waals surface area contributed by atoms with Gasteiger partial charge < -0.3 is 4.57 Å². The van der Waals surface area contributed by atoms with Crippen LogP contribution in [0.1, 0.15) is 35.5 Å². The maximum atomic E-state index is 12.8. The van der Waals surface area contributed by atoms with E-state index in [9.17, 15) is 14.9 Å². The van der Waals surface area contributed by atoms with Crippen molar-refractivity contribution in [3.05, 3.63) is 77.3 Å². The third-order valence-corrected chi connectivity index (χ3v) is 6.46. The molecule has 0 unspecified atom stereocenters. The average molecular weight is 509 g/mol. The third kappa shape index (κ3) is 4.71. The van der Waals surface area contributed by atoms with Crippen molar-refractivity contribution in [1.29, 1.82) is 0 Å². The van der Waals surface area contributed by atoms with Gasteiger partial charge in [0.25, 0.3) is 11.6 Å². The van der Waals surface area contributed by atoms with Gasteiger partial charge in [0.05, 0.1) is 21.2 Å². The number of halogens is 2. The number of carbonyl (C=O) groups is 1. The van der Waals surface area contributed by atoms with E-state index in [0.29, 0.717) is 11.3 Å². The molecule has 0 aliphatic rings. The Bertz CT molecular complexity index is 1170. The first kappa shape index (κ1) is 22.4. The minimum Gasteiger partial charge on any atom is -0.316 e. The lowest BCUT2D eigenvalue weighted by molar-refractivity contribution is -0.384. The van der Waals surface area contributed by atoms with Crippen molar-refractivity contribution in [2.45, 2.75) is 33.2 Å². The van der Waals surface area contributed by atoms with Crippen LogP contribution in [0.15, 0.2) is 51.9 Å². The molecular weight excluding hydrogens is 490 g/mol. The fraction of sp³-hybridized carbons (Fsp3) is 0.238. The van der Waals surface area contributed by atoms with E-state index in [1.807, 2.05) is 35.8 Å². The summed E-state index contributed by atoms with van der Waals surface area (Å²) < 4.78 is 3.02. The van der Waals surface area contributed by atoms with E-state index < -0.39 is 10.8 Å². The highest BCUT2D eigenvalue weighted by molar-refractivity contribution is 9.10. The number of thiazole rings is 1. The molecule has 2 aromatic carbocycles. The minimum absolute atomic E-state index is 0.0134. The second kappa shape index (κ2) is 9.68. The molecule has 0 N–H and O–H groups in total. The maximum absolute atomic E-state index is 12.8. The lowest BCUT2D eigenvalue weighted by atomic mass is 10.1. The normalized spacial score (nSPS) is 11.7. The van der Waals surface area contributed by atoms with Crippen LogP contribution >= 0.6 is 38.9 Å². The summed E-state index contributed by atoms with van der Waals surface area (Å²) in [6, 6.07) is 11.8. The van der Waals surface area contributed by atoms with Crippen LogP contribution in [-0.2, 0) is 13.0 Å². The number of hydrogen-bond acceptors (Lipinski definition) is 4. The molecule has 3 aromatic rings. The summed E-state index contributed by atoms with van der Waals surface area (Å²) in [7, 11) is 0. The molecule has 0 aliphatic carbocycles. The van der Waals surface area contributed by atoms with Crippen molar-refractivity contribution in [3.8, 4) is 11.3 Å². The molecule has 0 saturated heterocycles. The number of benzene rings is 2. The number of aryl methyl sites for hydroxylation is 1. The van der Waals surface area contributed by atoms with E-state index in [2.05, 4.69) is 27.8 Å². The number of nitrogens with zero attached hydrogens (tertiary/aromatic N) is 3. The molecule has 0 aliphatic heterocycles. The molecule has 0 saturated carbocycles. The van der Waals surface area contributed by atoms with Gasteiger partial charge in [-0.1, -0.05) is 53.0 Å². The maximum Gasteiger partial charge on any atom is 0.281 e. The molecule has 1 amide bonds. The summed E-state index contributed by atoms with van der Waals surface area (Å²) in [5, 5.41) is 10.9. The Morgan fingerprint density at radius 3 is 2.50 bits per heavy atom. The van der Waals surface area contributed by atoms with Gasteiger partial charge in [-0.2, -0.15) is 4.99 Å². The van der Waals surface area contributed by atoms with Crippen molar-refractivity contribution < 1.29 is 9.72 Å². The zero-order chi connectivity index (χ0) is 21.8. The second-order valence-electron chi connectivity index (χ2n) is 6.50. The second-order valence-corrected chi connectivity index (χ2v) is 8.88. The topological polar surface area (TPSA) is 77.5 Å². The van der Waals surface area contributed by atoms with Crippen molar-refractivity contribution in [2.75, 3.05) is 0 Å². The zero-order valence-electron chi connectivity index (χ0n) is 16.4. The van der Waals surface area contributed by atoms with E-state index in [-0.39, 0.29) is 16.3 Å². The molecule has 1 aromatic heterocycles. The van der Waals surface area contributed by atoms with Gasteiger partial charge in [0.1, 0.15) is 0 Å². The lowest BCUT2D eigenvalue weighted by Crippen LogP contribution is -2.17. The van der Waals surface area contributed by atoms with Crippen LogP contribution in [0.25, 0.3) is 11.3 Å². The highest BCUT2D eigenvalue weighted by Crippen LogP contribution is 2.29. The molecule has 9 heteroatoms. The Morgan fingerprint density at radius 2 is 1.93 bits per heavy atom. The van der Waals surface area contributed by atoms with Gasteiger partial charge in [-0.15, -0.1) is 11.3 Å². The number of nitro groups is 1. The van der Waals surface area contributed by atoms with Gasteiger partial charge in [0.15, 0.2) is 4.80 Å². The van der Waals surface area contributed by atoms with Crippen LogP contribution in [0.3, 0.4) is 0 Å². The average Bonchev–Trinajstić information content (AvgIpc) is 3.05. The van der Waals surface area contributed by atoms with Crippen LogP contribution in [0, 0.1) is 10.1 Å². The number of hydrogen-bond donors (Lipinski definition) is 0. The highest BCUT2D eigenvalue weighted by Gasteiger charge is 2.18. The highest BCUT2D eigenvalue weighted by atomic mass is 79.9. The Balaban J connectivity index is 2.12. The third-order valence-electron chi connectivity index (χ3n) is 4.48. The van der Waals surface area contributed by atoms with Crippen LogP contribution in [0.4, 0.5) is 5.69 Å². The van der Waals surface area contributed by atoms with Crippen molar-refractivity contribution in [2.24, 2.45) is 4.99 Å². The summed E-state index contributed by atoms with van der Waals surface area (Å²) >= 11 is 11.1. The largest absolute Gasteiger partial charge is 0.316 e. The van der Waals surface area contributed by atoms with Gasteiger partial charge in [0, 0.05) is 28.0 Å². The van der Waals surface area contributed by atoms with Crippen molar-refractivity contribution in [3.63, 3.8) is 0 Å². The molecule has 6 nitrogen and oxygen atoms in total. The van der Waals surface area contributed by atoms with Gasteiger partial charge in [-0.25, -0.2) is 0 Å². The predicted molar refractivity (Wildman–Crippen MR) is 123 cm³/mol. The van der Waals surface area contributed by atoms with Gasteiger partial charge in [0.2, 0.25) is 0 Å². The molecule has 3 rings (SSSR count). The fourth-order valence-electron chi connectivity index (χ4n) is 3.10. The SMILES string of the molecule is CCCc1sc(=NC(=O)c2ccc([N+](=O)[O-])cc2Cl)n(CC)c1-c1ccc(Br)cc1. The van der Waals surface area contributed by atoms with Gasteiger partial charge >= 0.3 is 0 Å². The smallest absolute Gasteiger partial charge is 0.281 e. The number of rotatable bonds is 6. The Morgan fingerprint density at radius 1 is 1.23 bits per heavy atom. The Kier molecular flexibility index (Phi) is 7.23. The number of carbonyl (C=O) groups excluding carboxylic acids is 1. The monoisotopic (exact) mass is 507 g/mol. The number of amides is 1. The van der Waals surface area contributed by atoms with Crippen LogP contribution in [0.5, 0.6) is 0 Å². The Labute approximate surface area is 191 Å². The lowest BCUT2D eigenvalue weighted by Gasteiger charge is -2.09. The molecule has 0 fully saturated rings. The van der Waals surface area contributed by atoms with E-state index in [0.717, 1.165) is 33.4 Å². The molecule has 0 bridgehead atoms. The standard InChI is InChI=1S/C21H19BrClN3O3S/c1-3-5-18-19(13-6-8-14(22)9-7-13)25(4-2)21(30-18)24-20(27)16-11-10-15(26(28)29)12-17(16)23/h6-12H,3-5H2,1-2H3. The van der Waals surface area contributed by atoms with Crippen LogP contribution in [-0.4, -0.2) is 15.4 Å². The number of nitro benzene ring substituents is 1. The summed E-state index contributed by atoms with van der Waals surface area (Å²) in [6.07, 6.45) is 1.84. The molecule has 156 valence electrons. The minimum atomic E-state index is -0.552. The first-order valence-corrected chi connectivity index (χ1v) is 11.4. The van der Waals surface area contributed by atoms with Gasteiger partial charge in [-0.3, -0.25) is 14.9 Å². The molecule has 0 atom stereocenters.